The third-order valence-corrected chi connectivity index (χ3v) is 3.83. The van der Waals surface area contributed by atoms with Gasteiger partial charge in [0.05, 0.1) is 24.0 Å². The number of aliphatic hydroxyl groups is 1. The highest BCUT2D eigenvalue weighted by Gasteiger charge is 2.25. The predicted octanol–water partition coefficient (Wildman–Crippen LogP) is 1.80. The lowest BCUT2D eigenvalue weighted by Crippen LogP contribution is -2.30. The summed E-state index contributed by atoms with van der Waals surface area (Å²) >= 11 is 0. The molecule has 0 aliphatic carbocycles. The monoisotopic (exact) mass is 278 g/mol. The molecule has 5 heteroatoms. The first-order valence-corrected chi connectivity index (χ1v) is 7.02. The molecule has 1 aliphatic rings. The number of esters is 1. The Hall–Kier alpha value is -1.75. The van der Waals surface area contributed by atoms with Crippen molar-refractivity contribution in [1.82, 2.24) is 0 Å². The van der Waals surface area contributed by atoms with Crippen LogP contribution >= 0.6 is 0 Å². The number of carbonyl (C=O) groups excluding carboxylic acids is 1. The van der Waals surface area contributed by atoms with Crippen LogP contribution < -0.4 is 10.6 Å². The average Bonchev–Trinajstić information content (AvgIpc) is 2.92. The van der Waals surface area contributed by atoms with Crippen LogP contribution in [0.5, 0.6) is 0 Å². The molecule has 1 aromatic carbocycles. The van der Waals surface area contributed by atoms with Crippen molar-refractivity contribution < 1.29 is 14.6 Å². The Morgan fingerprint density at radius 3 is 3.00 bits per heavy atom. The summed E-state index contributed by atoms with van der Waals surface area (Å²) in [5, 5.41) is 8.97. The number of hydrogen-bond donors (Lipinski definition) is 2. The van der Waals surface area contributed by atoms with Crippen molar-refractivity contribution >= 4 is 17.3 Å². The maximum atomic E-state index is 11.5. The Labute approximate surface area is 119 Å². The molecule has 20 heavy (non-hydrogen) atoms. The quantitative estimate of drug-likeness (QED) is 0.634. The van der Waals surface area contributed by atoms with Crippen LogP contribution in [0, 0.1) is 0 Å². The van der Waals surface area contributed by atoms with E-state index in [1.165, 1.54) is 7.11 Å². The Kier molecular flexibility index (Phi) is 4.84. The lowest BCUT2D eigenvalue weighted by atomic mass is 10.1. The number of carbonyl (C=O) groups is 1. The number of ether oxygens (including phenoxy) is 1. The molecule has 1 atom stereocenters. The summed E-state index contributed by atoms with van der Waals surface area (Å²) in [5.74, 6) is -0.374. The molecule has 110 valence electrons. The van der Waals surface area contributed by atoms with Crippen LogP contribution in [0.3, 0.4) is 0 Å². The number of anilines is 2. The van der Waals surface area contributed by atoms with Crippen molar-refractivity contribution in [3.63, 3.8) is 0 Å². The van der Waals surface area contributed by atoms with Gasteiger partial charge in [0.1, 0.15) is 0 Å². The summed E-state index contributed by atoms with van der Waals surface area (Å²) in [6.45, 7) is 1.19. The van der Waals surface area contributed by atoms with Crippen molar-refractivity contribution in [1.29, 1.82) is 0 Å². The molecule has 0 bridgehead atoms. The minimum absolute atomic E-state index is 0.223. The van der Waals surface area contributed by atoms with Gasteiger partial charge in [-0.05, 0) is 43.9 Å². The number of methoxy groups -OCH3 is 1. The first-order valence-electron chi connectivity index (χ1n) is 7.02. The molecule has 2 rings (SSSR count). The Bertz CT molecular complexity index is 476. The van der Waals surface area contributed by atoms with E-state index in [0.717, 1.165) is 37.9 Å². The van der Waals surface area contributed by atoms with Crippen LogP contribution in [0.4, 0.5) is 11.4 Å². The van der Waals surface area contributed by atoms with Crippen molar-refractivity contribution in [2.45, 2.75) is 31.7 Å². The van der Waals surface area contributed by atoms with Gasteiger partial charge in [0, 0.05) is 19.2 Å². The predicted molar refractivity (Wildman–Crippen MR) is 78.9 cm³/mol. The van der Waals surface area contributed by atoms with Gasteiger partial charge in [0.15, 0.2) is 0 Å². The molecule has 0 aromatic heterocycles. The van der Waals surface area contributed by atoms with Gasteiger partial charge in [-0.25, -0.2) is 4.79 Å². The zero-order valence-corrected chi connectivity index (χ0v) is 11.8. The molecule has 1 fully saturated rings. The Morgan fingerprint density at radius 2 is 2.35 bits per heavy atom. The van der Waals surface area contributed by atoms with Crippen LogP contribution in [0.2, 0.25) is 0 Å². The van der Waals surface area contributed by atoms with Gasteiger partial charge < -0.3 is 20.5 Å². The van der Waals surface area contributed by atoms with E-state index in [-0.39, 0.29) is 12.6 Å². The Balaban J connectivity index is 2.17. The number of nitrogens with zero attached hydrogens (tertiary/aromatic N) is 1. The summed E-state index contributed by atoms with van der Waals surface area (Å²) < 4.78 is 4.69. The average molecular weight is 278 g/mol. The van der Waals surface area contributed by atoms with E-state index in [2.05, 4.69) is 4.90 Å². The first kappa shape index (κ1) is 14.7. The van der Waals surface area contributed by atoms with E-state index in [1.54, 1.807) is 12.1 Å². The van der Waals surface area contributed by atoms with Crippen molar-refractivity contribution in [2.75, 3.05) is 30.9 Å². The van der Waals surface area contributed by atoms with Gasteiger partial charge in [-0.2, -0.15) is 0 Å². The molecule has 1 saturated heterocycles. The van der Waals surface area contributed by atoms with E-state index in [0.29, 0.717) is 17.3 Å². The molecule has 1 heterocycles. The third-order valence-electron chi connectivity index (χ3n) is 3.83. The van der Waals surface area contributed by atoms with Crippen LogP contribution in [0.1, 0.15) is 36.0 Å². The molecule has 0 spiro atoms. The first-order chi connectivity index (χ1) is 9.67. The van der Waals surface area contributed by atoms with E-state index in [9.17, 15) is 4.79 Å². The summed E-state index contributed by atoms with van der Waals surface area (Å²) in [6, 6.07) is 5.73. The highest BCUT2D eigenvalue weighted by molar-refractivity contribution is 5.92. The smallest absolute Gasteiger partial charge is 0.337 e. The number of aliphatic hydroxyl groups excluding tert-OH is 1. The second kappa shape index (κ2) is 6.61. The van der Waals surface area contributed by atoms with Gasteiger partial charge in [0.25, 0.3) is 0 Å². The fourth-order valence-electron chi connectivity index (χ4n) is 2.84. The minimum atomic E-state index is -0.374. The molecule has 0 radical (unpaired) electrons. The van der Waals surface area contributed by atoms with Crippen LogP contribution in [0.15, 0.2) is 18.2 Å². The summed E-state index contributed by atoms with van der Waals surface area (Å²) in [5.41, 5.74) is 8.13. The van der Waals surface area contributed by atoms with Gasteiger partial charge in [-0.1, -0.05) is 0 Å². The number of rotatable bonds is 5. The molecule has 0 saturated carbocycles. The fourth-order valence-corrected chi connectivity index (χ4v) is 2.84. The largest absolute Gasteiger partial charge is 0.465 e. The van der Waals surface area contributed by atoms with E-state index in [4.69, 9.17) is 15.6 Å². The van der Waals surface area contributed by atoms with Gasteiger partial charge in [-0.3, -0.25) is 0 Å². The van der Waals surface area contributed by atoms with Gasteiger partial charge >= 0.3 is 5.97 Å². The second-order valence-corrected chi connectivity index (χ2v) is 5.12. The second-order valence-electron chi connectivity index (χ2n) is 5.12. The summed E-state index contributed by atoms with van der Waals surface area (Å²) in [4.78, 5) is 13.8. The summed E-state index contributed by atoms with van der Waals surface area (Å²) in [7, 11) is 1.36. The molecule has 0 amide bonds. The molecular formula is C15H22N2O3. The standard InChI is InChI=1S/C15H22N2O3/c1-20-15(19)11-6-7-14(13(16)10-11)17-8-2-4-12(17)5-3-9-18/h6-7,10,12,18H,2-5,8-9,16H2,1H3. The van der Waals surface area contributed by atoms with E-state index in [1.807, 2.05) is 6.07 Å². The topological polar surface area (TPSA) is 75.8 Å². The number of benzene rings is 1. The zero-order valence-electron chi connectivity index (χ0n) is 11.8. The van der Waals surface area contributed by atoms with Crippen molar-refractivity contribution in [2.24, 2.45) is 0 Å². The van der Waals surface area contributed by atoms with Crippen LogP contribution in [-0.4, -0.2) is 37.4 Å². The minimum Gasteiger partial charge on any atom is -0.465 e. The molecule has 1 aliphatic heterocycles. The number of hydrogen-bond acceptors (Lipinski definition) is 5. The van der Waals surface area contributed by atoms with E-state index < -0.39 is 0 Å². The lowest BCUT2D eigenvalue weighted by Gasteiger charge is -2.28. The molecule has 5 nitrogen and oxygen atoms in total. The number of nitrogens with two attached hydrogens (primary N) is 1. The van der Waals surface area contributed by atoms with Crippen LogP contribution in [-0.2, 0) is 4.74 Å². The Morgan fingerprint density at radius 1 is 1.55 bits per heavy atom. The highest BCUT2D eigenvalue weighted by Crippen LogP contribution is 2.32. The maximum Gasteiger partial charge on any atom is 0.337 e. The molecule has 3 N–H and O–H groups in total. The number of nitrogen functional groups attached to an aromatic ring is 1. The highest BCUT2D eigenvalue weighted by atomic mass is 16.5. The molecular weight excluding hydrogens is 256 g/mol. The fraction of sp³-hybridized carbons (Fsp3) is 0.533. The molecule has 1 aromatic rings. The SMILES string of the molecule is COC(=O)c1ccc(N2CCCC2CCCO)c(N)c1. The van der Waals surface area contributed by atoms with Crippen LogP contribution in [0.25, 0.3) is 0 Å². The summed E-state index contributed by atoms with van der Waals surface area (Å²) in [6.07, 6.45) is 4.03. The van der Waals surface area contributed by atoms with Crippen molar-refractivity contribution in [3.8, 4) is 0 Å². The third kappa shape index (κ3) is 3.04. The van der Waals surface area contributed by atoms with Crippen molar-refractivity contribution in [3.05, 3.63) is 23.8 Å². The normalized spacial score (nSPS) is 18.3. The maximum absolute atomic E-state index is 11.5. The van der Waals surface area contributed by atoms with Gasteiger partial charge in [-0.15, -0.1) is 0 Å². The van der Waals surface area contributed by atoms with Gasteiger partial charge in [0.2, 0.25) is 0 Å². The zero-order chi connectivity index (χ0) is 14.5. The van der Waals surface area contributed by atoms with E-state index >= 15 is 0 Å². The lowest BCUT2D eigenvalue weighted by molar-refractivity contribution is 0.0601. The molecule has 1 unspecified atom stereocenters.